The standard InChI is InChI=1S/C24H28ClN3OS/c1-17-7-4-5-15-28(17)16-6-14-26-24(29)22-23(20-8-2-3-9-21(20)27-22)30-19-12-10-18(25)11-13-19/h2-3,8-13,17,27H,4-7,14-16H2,1H3,(H,26,29)/t17-/m0/s1. The first-order valence-electron chi connectivity index (χ1n) is 10.7. The van der Waals surface area contributed by atoms with Crippen LogP contribution >= 0.6 is 23.4 Å². The molecular weight excluding hydrogens is 414 g/mol. The summed E-state index contributed by atoms with van der Waals surface area (Å²) in [5, 5.41) is 4.89. The van der Waals surface area contributed by atoms with Gasteiger partial charge in [-0.2, -0.15) is 0 Å². The number of aromatic amines is 1. The lowest BCUT2D eigenvalue weighted by atomic mass is 10.0. The van der Waals surface area contributed by atoms with Crippen LogP contribution in [0.5, 0.6) is 0 Å². The lowest BCUT2D eigenvalue weighted by Crippen LogP contribution is -2.39. The summed E-state index contributed by atoms with van der Waals surface area (Å²) in [7, 11) is 0. The van der Waals surface area contributed by atoms with Crippen LogP contribution in [0.15, 0.2) is 58.3 Å². The number of para-hydroxylation sites is 1. The van der Waals surface area contributed by atoms with Gasteiger partial charge in [-0.25, -0.2) is 0 Å². The number of piperidine rings is 1. The number of amides is 1. The van der Waals surface area contributed by atoms with Gasteiger partial charge in [0, 0.05) is 40.0 Å². The first kappa shape index (κ1) is 21.3. The highest BCUT2D eigenvalue weighted by molar-refractivity contribution is 7.99. The van der Waals surface area contributed by atoms with Crippen molar-refractivity contribution < 1.29 is 4.79 Å². The second kappa shape index (κ2) is 9.90. The van der Waals surface area contributed by atoms with Gasteiger partial charge in [-0.05, 0) is 63.1 Å². The van der Waals surface area contributed by atoms with E-state index < -0.39 is 0 Å². The maximum absolute atomic E-state index is 13.0. The Hall–Kier alpha value is -1.95. The second-order valence-electron chi connectivity index (χ2n) is 7.92. The predicted octanol–water partition coefficient (Wildman–Crippen LogP) is 5.97. The van der Waals surface area contributed by atoms with Crippen molar-refractivity contribution in [2.24, 2.45) is 0 Å². The molecule has 6 heteroatoms. The Labute approximate surface area is 187 Å². The zero-order valence-corrected chi connectivity index (χ0v) is 18.9. The van der Waals surface area contributed by atoms with Gasteiger partial charge in [-0.1, -0.05) is 48.0 Å². The van der Waals surface area contributed by atoms with E-state index in [1.54, 1.807) is 11.8 Å². The van der Waals surface area contributed by atoms with Gasteiger partial charge in [0.1, 0.15) is 5.69 Å². The van der Waals surface area contributed by atoms with Gasteiger partial charge in [0.2, 0.25) is 0 Å². The molecule has 4 nitrogen and oxygen atoms in total. The van der Waals surface area contributed by atoms with Gasteiger partial charge in [-0.3, -0.25) is 4.79 Å². The third-order valence-electron chi connectivity index (χ3n) is 5.77. The van der Waals surface area contributed by atoms with E-state index >= 15 is 0 Å². The average Bonchev–Trinajstić information content (AvgIpc) is 3.12. The quantitative estimate of drug-likeness (QED) is 0.444. The van der Waals surface area contributed by atoms with E-state index in [1.807, 2.05) is 42.5 Å². The number of benzene rings is 2. The monoisotopic (exact) mass is 441 g/mol. The van der Waals surface area contributed by atoms with Crippen molar-refractivity contribution in [2.75, 3.05) is 19.6 Å². The topological polar surface area (TPSA) is 48.1 Å². The molecule has 0 saturated carbocycles. The summed E-state index contributed by atoms with van der Waals surface area (Å²) < 4.78 is 0. The molecule has 2 N–H and O–H groups in total. The summed E-state index contributed by atoms with van der Waals surface area (Å²) in [6, 6.07) is 16.4. The van der Waals surface area contributed by atoms with E-state index in [0.29, 0.717) is 23.3 Å². The minimum Gasteiger partial charge on any atom is -0.351 e. The summed E-state index contributed by atoms with van der Waals surface area (Å²) in [6.45, 7) is 5.21. The fraction of sp³-hybridized carbons (Fsp3) is 0.375. The SMILES string of the molecule is C[C@H]1CCCCN1CCCNC(=O)c1[nH]c2ccccc2c1Sc1ccc(Cl)cc1. The third kappa shape index (κ3) is 5.02. The molecular formula is C24H28ClN3OS. The Bertz CT molecular complexity index is 1000. The number of hydrogen-bond donors (Lipinski definition) is 2. The van der Waals surface area contributed by atoms with Crippen molar-refractivity contribution in [3.63, 3.8) is 0 Å². The molecule has 0 unspecified atom stereocenters. The maximum atomic E-state index is 13.0. The minimum absolute atomic E-state index is 0.0469. The largest absolute Gasteiger partial charge is 0.351 e. The number of nitrogens with one attached hydrogen (secondary N) is 2. The molecule has 1 aromatic heterocycles. The van der Waals surface area contributed by atoms with Crippen molar-refractivity contribution >= 4 is 40.2 Å². The summed E-state index contributed by atoms with van der Waals surface area (Å²) >= 11 is 7.61. The molecule has 2 heterocycles. The Morgan fingerprint density at radius 1 is 1.20 bits per heavy atom. The summed E-state index contributed by atoms with van der Waals surface area (Å²) in [6.07, 6.45) is 4.88. The molecule has 1 aliphatic heterocycles. The molecule has 4 rings (SSSR count). The number of carbonyl (C=O) groups excluding carboxylic acids is 1. The Balaban J connectivity index is 1.44. The van der Waals surface area contributed by atoms with E-state index in [4.69, 9.17) is 11.6 Å². The fourth-order valence-corrected chi connectivity index (χ4v) is 5.23. The third-order valence-corrected chi connectivity index (χ3v) is 7.16. The van der Waals surface area contributed by atoms with Crippen molar-refractivity contribution in [1.82, 2.24) is 15.2 Å². The number of rotatable bonds is 7. The number of nitrogens with zero attached hydrogens (tertiary/aromatic N) is 1. The fourth-order valence-electron chi connectivity index (χ4n) is 4.06. The molecule has 1 fully saturated rings. The number of likely N-dealkylation sites (tertiary alicyclic amines) is 1. The molecule has 0 aliphatic carbocycles. The van der Waals surface area contributed by atoms with Crippen LogP contribution in [-0.4, -0.2) is 41.5 Å². The zero-order chi connectivity index (χ0) is 20.9. The van der Waals surface area contributed by atoms with E-state index in [9.17, 15) is 4.79 Å². The van der Waals surface area contributed by atoms with Crippen LogP contribution in [0.1, 0.15) is 43.1 Å². The highest BCUT2D eigenvalue weighted by Crippen LogP contribution is 2.37. The lowest BCUT2D eigenvalue weighted by Gasteiger charge is -2.33. The predicted molar refractivity (Wildman–Crippen MR) is 126 cm³/mol. The first-order valence-corrected chi connectivity index (χ1v) is 11.9. The van der Waals surface area contributed by atoms with Crippen LogP contribution in [0.2, 0.25) is 5.02 Å². The average molecular weight is 442 g/mol. The van der Waals surface area contributed by atoms with Gasteiger partial charge in [-0.15, -0.1) is 0 Å². The molecule has 2 aromatic carbocycles. The van der Waals surface area contributed by atoms with Crippen molar-refractivity contribution in [2.45, 2.75) is 48.4 Å². The number of halogens is 1. The molecule has 1 atom stereocenters. The van der Waals surface area contributed by atoms with Crippen molar-refractivity contribution in [3.05, 3.63) is 59.2 Å². The molecule has 3 aromatic rings. The number of carbonyl (C=O) groups is 1. The Kier molecular flexibility index (Phi) is 7.03. The number of fused-ring (bicyclic) bond motifs is 1. The summed E-state index contributed by atoms with van der Waals surface area (Å²) in [5.41, 5.74) is 1.60. The molecule has 1 saturated heterocycles. The van der Waals surface area contributed by atoms with Crippen molar-refractivity contribution in [3.8, 4) is 0 Å². The van der Waals surface area contributed by atoms with Gasteiger partial charge < -0.3 is 15.2 Å². The van der Waals surface area contributed by atoms with Crippen LogP contribution in [0.25, 0.3) is 10.9 Å². The van der Waals surface area contributed by atoms with Crippen LogP contribution < -0.4 is 5.32 Å². The number of aromatic nitrogens is 1. The van der Waals surface area contributed by atoms with E-state index in [0.717, 1.165) is 33.7 Å². The van der Waals surface area contributed by atoms with Crippen LogP contribution in [0.3, 0.4) is 0 Å². The molecule has 1 aliphatic rings. The lowest BCUT2D eigenvalue weighted by molar-refractivity contribution is 0.0942. The van der Waals surface area contributed by atoms with Gasteiger partial charge >= 0.3 is 0 Å². The van der Waals surface area contributed by atoms with Crippen LogP contribution in [0.4, 0.5) is 0 Å². The molecule has 0 bridgehead atoms. The van der Waals surface area contributed by atoms with Crippen molar-refractivity contribution in [1.29, 1.82) is 0 Å². The normalized spacial score (nSPS) is 17.3. The summed E-state index contributed by atoms with van der Waals surface area (Å²) in [5.74, 6) is -0.0469. The number of H-pyrrole nitrogens is 1. The van der Waals surface area contributed by atoms with E-state index in [-0.39, 0.29) is 5.91 Å². The zero-order valence-electron chi connectivity index (χ0n) is 17.3. The maximum Gasteiger partial charge on any atom is 0.268 e. The first-order chi connectivity index (χ1) is 14.6. The van der Waals surface area contributed by atoms with E-state index in [1.165, 1.54) is 25.8 Å². The van der Waals surface area contributed by atoms with Gasteiger partial charge in [0.05, 0.1) is 4.90 Å². The molecule has 0 spiro atoms. The molecule has 0 radical (unpaired) electrons. The molecule has 158 valence electrons. The highest BCUT2D eigenvalue weighted by atomic mass is 35.5. The minimum atomic E-state index is -0.0469. The molecule has 1 amide bonds. The van der Waals surface area contributed by atoms with E-state index in [2.05, 4.69) is 28.2 Å². The van der Waals surface area contributed by atoms with Crippen LogP contribution in [0, 0.1) is 0 Å². The second-order valence-corrected chi connectivity index (χ2v) is 9.44. The smallest absolute Gasteiger partial charge is 0.268 e. The van der Waals surface area contributed by atoms with Gasteiger partial charge in [0.25, 0.3) is 5.91 Å². The highest BCUT2D eigenvalue weighted by Gasteiger charge is 2.20. The number of hydrogen-bond acceptors (Lipinski definition) is 3. The van der Waals surface area contributed by atoms with Crippen LogP contribution in [-0.2, 0) is 0 Å². The van der Waals surface area contributed by atoms with Gasteiger partial charge in [0.15, 0.2) is 0 Å². The Morgan fingerprint density at radius 3 is 2.80 bits per heavy atom. The summed E-state index contributed by atoms with van der Waals surface area (Å²) in [4.78, 5) is 20.9. The molecule has 30 heavy (non-hydrogen) atoms. The Morgan fingerprint density at radius 2 is 2.00 bits per heavy atom.